The molecule has 2 N–H and O–H groups in total. The van der Waals surface area contributed by atoms with E-state index in [4.69, 9.17) is 10.2 Å². The van der Waals surface area contributed by atoms with Crippen LogP contribution in [0.4, 0.5) is 4.39 Å². The maximum atomic E-state index is 12.9. The minimum atomic E-state index is -0.279. The molecule has 0 aliphatic carbocycles. The summed E-state index contributed by atoms with van der Waals surface area (Å²) in [6.07, 6.45) is 2.00. The molecule has 6 heteroatoms. The number of benzene rings is 1. The molecule has 0 bridgehead atoms. The number of piperidine rings is 1. The summed E-state index contributed by atoms with van der Waals surface area (Å²) in [6.45, 7) is 2.55. The molecule has 1 aromatic carbocycles. The van der Waals surface area contributed by atoms with E-state index in [-0.39, 0.29) is 5.82 Å². The van der Waals surface area contributed by atoms with Crippen molar-refractivity contribution >= 4 is 0 Å². The highest BCUT2D eigenvalue weighted by molar-refractivity contribution is 5.51. The average Bonchev–Trinajstić information content (AvgIpc) is 2.91. The van der Waals surface area contributed by atoms with Crippen LogP contribution in [-0.4, -0.2) is 34.2 Å². The third-order valence-corrected chi connectivity index (χ3v) is 3.55. The Morgan fingerprint density at radius 3 is 2.60 bits per heavy atom. The van der Waals surface area contributed by atoms with E-state index >= 15 is 0 Å². The van der Waals surface area contributed by atoms with Gasteiger partial charge in [-0.05, 0) is 37.1 Å². The lowest BCUT2D eigenvalue weighted by molar-refractivity contribution is 0.189. The Morgan fingerprint density at radius 2 is 1.90 bits per heavy atom. The molecule has 1 aliphatic rings. The molecule has 0 unspecified atom stereocenters. The lowest BCUT2D eigenvalue weighted by atomic mass is 10.1. The van der Waals surface area contributed by atoms with Gasteiger partial charge in [-0.1, -0.05) is 0 Å². The molecular weight excluding hydrogens is 259 g/mol. The molecule has 106 valence electrons. The van der Waals surface area contributed by atoms with Crippen molar-refractivity contribution in [2.75, 3.05) is 13.1 Å². The molecule has 3 rings (SSSR count). The Balaban J connectivity index is 1.66. The quantitative estimate of drug-likeness (QED) is 0.925. The van der Waals surface area contributed by atoms with Crippen LogP contribution < -0.4 is 5.73 Å². The molecule has 0 amide bonds. The van der Waals surface area contributed by atoms with Gasteiger partial charge in [0.25, 0.3) is 0 Å². The van der Waals surface area contributed by atoms with Crippen LogP contribution in [0.2, 0.25) is 0 Å². The van der Waals surface area contributed by atoms with Crippen molar-refractivity contribution < 1.29 is 8.81 Å². The summed E-state index contributed by atoms with van der Waals surface area (Å²) in [5.74, 6) is 0.728. The van der Waals surface area contributed by atoms with Crippen molar-refractivity contribution in [3.8, 4) is 11.5 Å². The number of aromatic nitrogens is 2. The maximum absolute atomic E-state index is 12.9. The lowest BCUT2D eigenvalue weighted by Crippen LogP contribution is -2.39. The molecule has 1 saturated heterocycles. The van der Waals surface area contributed by atoms with Gasteiger partial charge < -0.3 is 10.2 Å². The summed E-state index contributed by atoms with van der Waals surface area (Å²) < 4.78 is 18.5. The summed E-state index contributed by atoms with van der Waals surface area (Å²) in [7, 11) is 0. The minimum absolute atomic E-state index is 0.279. The first kappa shape index (κ1) is 13.2. The van der Waals surface area contributed by atoms with Crippen molar-refractivity contribution in [2.24, 2.45) is 5.73 Å². The maximum Gasteiger partial charge on any atom is 0.247 e. The molecule has 1 aromatic heterocycles. The van der Waals surface area contributed by atoms with Crippen LogP contribution in [0.1, 0.15) is 18.7 Å². The third kappa shape index (κ3) is 3.02. The van der Waals surface area contributed by atoms with Gasteiger partial charge in [-0.15, -0.1) is 10.2 Å². The third-order valence-electron chi connectivity index (χ3n) is 3.55. The largest absolute Gasteiger partial charge is 0.419 e. The Bertz CT molecular complexity index is 561. The van der Waals surface area contributed by atoms with Crippen molar-refractivity contribution in [1.82, 2.24) is 15.1 Å². The number of likely N-dealkylation sites (tertiary alicyclic amines) is 1. The van der Waals surface area contributed by atoms with E-state index in [0.29, 0.717) is 24.4 Å². The second-order valence-corrected chi connectivity index (χ2v) is 5.12. The van der Waals surface area contributed by atoms with Gasteiger partial charge in [0.2, 0.25) is 11.8 Å². The van der Waals surface area contributed by atoms with Gasteiger partial charge in [0.05, 0.1) is 6.54 Å². The van der Waals surface area contributed by atoms with E-state index < -0.39 is 0 Å². The monoisotopic (exact) mass is 276 g/mol. The van der Waals surface area contributed by atoms with E-state index in [1.54, 1.807) is 12.1 Å². The van der Waals surface area contributed by atoms with Gasteiger partial charge >= 0.3 is 0 Å². The first-order chi connectivity index (χ1) is 9.70. The molecule has 0 spiro atoms. The van der Waals surface area contributed by atoms with Crippen LogP contribution in [0, 0.1) is 5.82 Å². The van der Waals surface area contributed by atoms with E-state index in [1.165, 1.54) is 12.1 Å². The zero-order valence-electron chi connectivity index (χ0n) is 11.1. The fourth-order valence-electron chi connectivity index (χ4n) is 2.33. The number of hydrogen-bond acceptors (Lipinski definition) is 5. The molecule has 0 saturated carbocycles. The summed E-state index contributed by atoms with van der Waals surface area (Å²) >= 11 is 0. The average molecular weight is 276 g/mol. The highest BCUT2D eigenvalue weighted by atomic mass is 19.1. The summed E-state index contributed by atoms with van der Waals surface area (Å²) in [4.78, 5) is 2.26. The number of hydrogen-bond donors (Lipinski definition) is 1. The number of nitrogens with zero attached hydrogens (tertiary/aromatic N) is 3. The molecule has 5 nitrogen and oxygen atoms in total. The predicted octanol–water partition coefficient (Wildman–Crippen LogP) is 1.80. The van der Waals surface area contributed by atoms with Crippen molar-refractivity contribution in [3.05, 3.63) is 36.0 Å². The van der Waals surface area contributed by atoms with Crippen LogP contribution in [0.5, 0.6) is 0 Å². The molecule has 20 heavy (non-hydrogen) atoms. The normalized spacial score (nSPS) is 17.5. The number of halogens is 1. The molecule has 0 radical (unpaired) electrons. The van der Waals surface area contributed by atoms with Crippen molar-refractivity contribution in [1.29, 1.82) is 0 Å². The van der Waals surface area contributed by atoms with Crippen LogP contribution in [0.25, 0.3) is 11.5 Å². The SMILES string of the molecule is NC1CCN(Cc2nnc(-c3ccc(F)cc3)o2)CC1. The van der Waals surface area contributed by atoms with Gasteiger partial charge in [-0.25, -0.2) is 4.39 Å². The van der Waals surface area contributed by atoms with Gasteiger partial charge in [0.15, 0.2) is 0 Å². The molecule has 1 fully saturated rings. The Hall–Kier alpha value is -1.79. The van der Waals surface area contributed by atoms with Gasteiger partial charge in [-0.3, -0.25) is 4.90 Å². The molecule has 2 aromatic rings. The van der Waals surface area contributed by atoms with E-state index in [0.717, 1.165) is 31.5 Å². The second kappa shape index (κ2) is 5.68. The number of nitrogens with two attached hydrogens (primary N) is 1. The van der Waals surface area contributed by atoms with E-state index in [1.807, 2.05) is 0 Å². The molecule has 1 aliphatic heterocycles. The predicted molar refractivity (Wildman–Crippen MR) is 72.2 cm³/mol. The molecule has 2 heterocycles. The highest BCUT2D eigenvalue weighted by Gasteiger charge is 2.18. The Labute approximate surface area is 116 Å². The van der Waals surface area contributed by atoms with Gasteiger partial charge in [0.1, 0.15) is 5.82 Å². The topological polar surface area (TPSA) is 68.2 Å². The van der Waals surface area contributed by atoms with Crippen LogP contribution in [0.3, 0.4) is 0 Å². The zero-order chi connectivity index (χ0) is 13.9. The van der Waals surface area contributed by atoms with Crippen LogP contribution >= 0.6 is 0 Å². The standard InChI is InChI=1S/C14H17FN4O/c15-11-3-1-10(2-4-11)14-18-17-13(20-14)9-19-7-5-12(16)6-8-19/h1-4,12H,5-9,16H2. The summed E-state index contributed by atoms with van der Waals surface area (Å²) in [6, 6.07) is 6.33. The Kier molecular flexibility index (Phi) is 3.75. The Morgan fingerprint density at radius 1 is 1.20 bits per heavy atom. The zero-order valence-corrected chi connectivity index (χ0v) is 11.1. The molecular formula is C14H17FN4O. The summed E-state index contributed by atoms with van der Waals surface area (Å²) in [5, 5.41) is 8.05. The van der Waals surface area contributed by atoms with Gasteiger partial charge in [0, 0.05) is 24.7 Å². The van der Waals surface area contributed by atoms with Gasteiger partial charge in [-0.2, -0.15) is 0 Å². The lowest BCUT2D eigenvalue weighted by Gasteiger charge is -2.28. The van der Waals surface area contributed by atoms with E-state index in [9.17, 15) is 4.39 Å². The van der Waals surface area contributed by atoms with Crippen LogP contribution in [0.15, 0.2) is 28.7 Å². The van der Waals surface area contributed by atoms with E-state index in [2.05, 4.69) is 15.1 Å². The minimum Gasteiger partial charge on any atom is -0.419 e. The van der Waals surface area contributed by atoms with Crippen molar-refractivity contribution in [3.63, 3.8) is 0 Å². The second-order valence-electron chi connectivity index (χ2n) is 5.12. The van der Waals surface area contributed by atoms with Crippen LogP contribution in [-0.2, 0) is 6.54 Å². The first-order valence-electron chi connectivity index (χ1n) is 6.77. The summed E-state index contributed by atoms with van der Waals surface area (Å²) in [5.41, 5.74) is 6.60. The smallest absolute Gasteiger partial charge is 0.247 e. The number of rotatable bonds is 3. The van der Waals surface area contributed by atoms with Crippen molar-refractivity contribution in [2.45, 2.75) is 25.4 Å². The highest BCUT2D eigenvalue weighted by Crippen LogP contribution is 2.19. The fourth-order valence-corrected chi connectivity index (χ4v) is 2.33. The first-order valence-corrected chi connectivity index (χ1v) is 6.77. The molecule has 0 atom stereocenters. The fraction of sp³-hybridized carbons (Fsp3) is 0.429.